The van der Waals surface area contributed by atoms with Gasteiger partial charge in [0.2, 0.25) is 0 Å². The highest BCUT2D eigenvalue weighted by Crippen LogP contribution is 2.45. The zero-order valence-electron chi connectivity index (χ0n) is 19.7. The number of amides is 1. The van der Waals surface area contributed by atoms with E-state index in [2.05, 4.69) is 24.3 Å². The first kappa shape index (κ1) is 23.3. The fourth-order valence-electron chi connectivity index (χ4n) is 5.75. The number of morpholine rings is 1. The number of nitrogens with zero attached hydrogens (tertiary/aromatic N) is 1. The van der Waals surface area contributed by atoms with Crippen molar-refractivity contribution in [2.75, 3.05) is 46.8 Å². The quantitative estimate of drug-likeness (QED) is 0.598. The van der Waals surface area contributed by atoms with Crippen molar-refractivity contribution in [2.45, 2.75) is 42.9 Å². The van der Waals surface area contributed by atoms with Crippen molar-refractivity contribution in [3.8, 4) is 11.1 Å². The van der Waals surface area contributed by atoms with Crippen molar-refractivity contribution in [2.24, 2.45) is 0 Å². The number of benzene rings is 2. The molecular formula is C27H33NO6. The Morgan fingerprint density at radius 1 is 1.00 bits per heavy atom. The third kappa shape index (κ3) is 4.58. The summed E-state index contributed by atoms with van der Waals surface area (Å²) in [5.41, 5.74) is 3.94. The fraction of sp³-hybridized carbons (Fsp3) is 0.519. The van der Waals surface area contributed by atoms with Crippen LogP contribution in [0.3, 0.4) is 0 Å². The van der Waals surface area contributed by atoms with Crippen LogP contribution in [0.25, 0.3) is 11.1 Å². The lowest BCUT2D eigenvalue weighted by Gasteiger charge is -2.50. The first-order valence-electron chi connectivity index (χ1n) is 12.1. The molecule has 3 aliphatic rings. The van der Waals surface area contributed by atoms with Crippen molar-refractivity contribution in [1.82, 2.24) is 4.90 Å². The SMILES string of the molecule is COCCOCCC1(O)CC2COCC(C1)N2C(=O)OCC1c2ccccc2-c2ccccc21. The lowest BCUT2D eigenvalue weighted by Crippen LogP contribution is -2.63. The van der Waals surface area contributed by atoms with Crippen molar-refractivity contribution in [3.63, 3.8) is 0 Å². The van der Waals surface area contributed by atoms with Crippen LogP contribution in [0.15, 0.2) is 48.5 Å². The molecule has 2 aliphatic heterocycles. The predicted molar refractivity (Wildman–Crippen MR) is 127 cm³/mol. The van der Waals surface area contributed by atoms with Gasteiger partial charge in [-0.25, -0.2) is 4.79 Å². The third-order valence-corrected chi connectivity index (χ3v) is 7.33. The third-order valence-electron chi connectivity index (χ3n) is 7.33. The van der Waals surface area contributed by atoms with Crippen molar-refractivity contribution in [1.29, 1.82) is 0 Å². The predicted octanol–water partition coefficient (Wildman–Crippen LogP) is 3.58. The zero-order valence-corrected chi connectivity index (χ0v) is 19.7. The molecule has 34 heavy (non-hydrogen) atoms. The van der Waals surface area contributed by atoms with Crippen LogP contribution >= 0.6 is 0 Å². The molecule has 2 aromatic rings. The van der Waals surface area contributed by atoms with Crippen LogP contribution in [0.1, 0.15) is 36.3 Å². The Morgan fingerprint density at radius 3 is 2.24 bits per heavy atom. The molecule has 2 unspecified atom stereocenters. The van der Waals surface area contributed by atoms with E-state index in [1.807, 2.05) is 24.3 Å². The molecule has 7 nitrogen and oxygen atoms in total. The molecule has 1 amide bonds. The molecule has 7 heteroatoms. The zero-order chi connectivity index (χ0) is 23.5. The number of ether oxygens (including phenoxy) is 4. The Morgan fingerprint density at radius 2 is 1.62 bits per heavy atom. The highest BCUT2D eigenvalue weighted by Gasteiger charge is 2.48. The number of carbonyl (C=O) groups is 1. The van der Waals surface area contributed by atoms with Crippen LogP contribution in [0, 0.1) is 0 Å². The summed E-state index contributed by atoms with van der Waals surface area (Å²) in [6.45, 7) is 2.62. The molecule has 1 N–H and O–H groups in total. The van der Waals surface area contributed by atoms with Gasteiger partial charge < -0.3 is 24.1 Å². The number of fused-ring (bicyclic) bond motifs is 5. The summed E-state index contributed by atoms with van der Waals surface area (Å²) >= 11 is 0. The lowest BCUT2D eigenvalue weighted by molar-refractivity contribution is -0.140. The number of carbonyl (C=O) groups excluding carboxylic acids is 1. The highest BCUT2D eigenvalue weighted by atomic mass is 16.6. The molecular weight excluding hydrogens is 434 g/mol. The van der Waals surface area contributed by atoms with E-state index in [1.165, 1.54) is 22.3 Å². The maximum Gasteiger partial charge on any atom is 0.410 e. The second-order valence-electron chi connectivity index (χ2n) is 9.54. The standard InChI is InChI=1S/C27H33NO6/c1-31-12-13-32-11-10-27(30)14-19-16-33-17-20(15-27)28(19)26(29)34-18-25-23-8-4-2-6-21(23)22-7-3-5-9-24(22)25/h2-9,19-20,25,30H,10-18H2,1H3. The molecule has 2 heterocycles. The van der Waals surface area contributed by atoms with Gasteiger partial charge >= 0.3 is 6.09 Å². The van der Waals surface area contributed by atoms with E-state index in [-0.39, 0.29) is 24.1 Å². The topological polar surface area (TPSA) is 77.5 Å². The van der Waals surface area contributed by atoms with Crippen LogP contribution < -0.4 is 0 Å². The first-order valence-corrected chi connectivity index (χ1v) is 12.1. The molecule has 5 rings (SSSR count). The number of rotatable bonds is 8. The summed E-state index contributed by atoms with van der Waals surface area (Å²) < 4.78 is 22.2. The molecule has 0 spiro atoms. The number of methoxy groups -OCH3 is 1. The first-order chi connectivity index (χ1) is 16.6. The Hall–Kier alpha value is -2.45. The molecule has 2 bridgehead atoms. The van der Waals surface area contributed by atoms with E-state index in [9.17, 15) is 9.90 Å². The average Bonchev–Trinajstić information content (AvgIpc) is 3.15. The van der Waals surface area contributed by atoms with Crippen molar-refractivity contribution in [3.05, 3.63) is 59.7 Å². The second kappa shape index (κ2) is 10.0. The maximum absolute atomic E-state index is 13.3. The van der Waals surface area contributed by atoms with E-state index in [4.69, 9.17) is 18.9 Å². The van der Waals surface area contributed by atoms with Gasteiger partial charge in [-0.1, -0.05) is 48.5 Å². The summed E-state index contributed by atoms with van der Waals surface area (Å²) in [7, 11) is 1.64. The minimum Gasteiger partial charge on any atom is -0.448 e. The van der Waals surface area contributed by atoms with Gasteiger partial charge in [0.15, 0.2) is 0 Å². The van der Waals surface area contributed by atoms with Crippen LogP contribution in [0.5, 0.6) is 0 Å². The van der Waals surface area contributed by atoms with E-state index in [1.54, 1.807) is 12.0 Å². The van der Waals surface area contributed by atoms with E-state index >= 15 is 0 Å². The Bertz CT molecular complexity index is 951. The summed E-state index contributed by atoms with van der Waals surface area (Å²) in [5, 5.41) is 11.2. The van der Waals surface area contributed by atoms with Crippen LogP contribution in [0.4, 0.5) is 4.79 Å². The summed E-state index contributed by atoms with van der Waals surface area (Å²) in [6, 6.07) is 16.2. The minimum atomic E-state index is -0.869. The molecule has 0 saturated carbocycles. The molecule has 0 radical (unpaired) electrons. The van der Waals surface area contributed by atoms with Gasteiger partial charge in [0.25, 0.3) is 0 Å². The van der Waals surface area contributed by atoms with E-state index in [0.29, 0.717) is 58.9 Å². The summed E-state index contributed by atoms with van der Waals surface area (Å²) in [5.74, 6) is 0.0263. The van der Waals surface area contributed by atoms with E-state index < -0.39 is 5.60 Å². The number of hydrogen-bond donors (Lipinski definition) is 1. The molecule has 2 atom stereocenters. The number of aliphatic hydroxyl groups is 1. The molecule has 0 aromatic heterocycles. The van der Waals surface area contributed by atoms with Gasteiger partial charge in [-0.2, -0.15) is 0 Å². The average molecular weight is 468 g/mol. The highest BCUT2D eigenvalue weighted by molar-refractivity contribution is 5.79. The fourth-order valence-corrected chi connectivity index (χ4v) is 5.75. The molecule has 182 valence electrons. The van der Waals surface area contributed by atoms with Gasteiger partial charge in [-0.3, -0.25) is 4.90 Å². The molecule has 2 fully saturated rings. The van der Waals surface area contributed by atoms with Gasteiger partial charge in [0, 0.05) is 19.6 Å². The minimum absolute atomic E-state index is 0.0263. The number of piperidine rings is 1. The molecule has 2 aromatic carbocycles. The normalized spacial score (nSPS) is 25.6. The summed E-state index contributed by atoms with van der Waals surface area (Å²) in [6.07, 6.45) is 1.13. The van der Waals surface area contributed by atoms with E-state index in [0.717, 1.165) is 0 Å². The molecule has 2 saturated heterocycles. The van der Waals surface area contributed by atoms with Crippen LogP contribution in [-0.2, 0) is 18.9 Å². The Kier molecular flexibility index (Phi) is 6.88. The van der Waals surface area contributed by atoms with Crippen LogP contribution in [-0.4, -0.2) is 80.5 Å². The van der Waals surface area contributed by atoms with Gasteiger partial charge in [0.1, 0.15) is 6.61 Å². The monoisotopic (exact) mass is 467 g/mol. The summed E-state index contributed by atoms with van der Waals surface area (Å²) in [4.78, 5) is 15.1. The Labute approximate surface area is 200 Å². The van der Waals surface area contributed by atoms with Crippen molar-refractivity contribution < 1.29 is 28.8 Å². The molecule has 1 aliphatic carbocycles. The smallest absolute Gasteiger partial charge is 0.410 e. The Balaban J connectivity index is 1.23. The lowest BCUT2D eigenvalue weighted by atomic mass is 9.79. The van der Waals surface area contributed by atoms with Crippen LogP contribution in [0.2, 0.25) is 0 Å². The van der Waals surface area contributed by atoms with Gasteiger partial charge in [-0.05, 0) is 41.5 Å². The second-order valence-corrected chi connectivity index (χ2v) is 9.54. The largest absolute Gasteiger partial charge is 0.448 e. The maximum atomic E-state index is 13.3. The van der Waals surface area contributed by atoms with Gasteiger partial charge in [0.05, 0.1) is 44.1 Å². The van der Waals surface area contributed by atoms with Crippen molar-refractivity contribution >= 4 is 6.09 Å². The van der Waals surface area contributed by atoms with Gasteiger partial charge in [-0.15, -0.1) is 0 Å². The number of hydrogen-bond acceptors (Lipinski definition) is 6.